The lowest BCUT2D eigenvalue weighted by Crippen LogP contribution is -2.12. The first-order chi connectivity index (χ1) is 15.3. The Bertz CT molecular complexity index is 1170. The molecule has 0 radical (unpaired) electrons. The van der Waals surface area contributed by atoms with Gasteiger partial charge in [0.1, 0.15) is 23.9 Å². The fraction of sp³-hybridized carbons (Fsp3) is 0.182. The molecule has 0 aliphatic heterocycles. The number of halogens is 4. The average molecular weight is 508 g/mol. The molecule has 2 N–H and O–H groups in total. The Hall–Kier alpha value is -3.29. The third-order valence-electron chi connectivity index (χ3n) is 4.07. The van der Waals surface area contributed by atoms with Gasteiger partial charge in [0.15, 0.2) is 0 Å². The molecule has 3 aromatic rings. The van der Waals surface area contributed by atoms with E-state index in [0.717, 1.165) is 4.47 Å². The minimum absolute atomic E-state index is 0.00325. The maximum absolute atomic E-state index is 12.9. The van der Waals surface area contributed by atoms with Gasteiger partial charge in [-0.15, -0.1) is 0 Å². The largest absolute Gasteiger partial charge is 0.489 e. The van der Waals surface area contributed by atoms with Gasteiger partial charge >= 0.3 is 12.1 Å². The van der Waals surface area contributed by atoms with Gasteiger partial charge in [-0.1, -0.05) is 27.9 Å². The van der Waals surface area contributed by atoms with Gasteiger partial charge < -0.3 is 19.8 Å². The van der Waals surface area contributed by atoms with E-state index in [1.54, 1.807) is 18.2 Å². The maximum Gasteiger partial charge on any atom is 0.432 e. The van der Waals surface area contributed by atoms with Crippen LogP contribution in [0.25, 0.3) is 11.4 Å². The number of rotatable bonds is 6. The number of nitrogens with zero attached hydrogens (tertiary/aromatic N) is 1. The van der Waals surface area contributed by atoms with Crippen molar-refractivity contribution in [3.63, 3.8) is 0 Å². The number of H-pyrrole nitrogens is 1. The summed E-state index contributed by atoms with van der Waals surface area (Å²) in [5.74, 6) is 4.92. The summed E-state index contributed by atoms with van der Waals surface area (Å²) in [5, 5.41) is 2.62. The van der Waals surface area contributed by atoms with Crippen molar-refractivity contribution in [2.75, 3.05) is 25.6 Å². The Morgan fingerprint density at radius 2 is 2.03 bits per heavy atom. The molecule has 0 bridgehead atoms. The molecule has 0 aliphatic carbocycles. The molecule has 0 saturated carbocycles. The van der Waals surface area contributed by atoms with E-state index in [-0.39, 0.29) is 18.1 Å². The molecule has 1 heterocycles. The first kappa shape index (κ1) is 23.4. The van der Waals surface area contributed by atoms with Crippen LogP contribution < -0.4 is 10.1 Å². The highest BCUT2D eigenvalue weighted by molar-refractivity contribution is 9.10. The molecule has 3 rings (SSSR count). The first-order valence-corrected chi connectivity index (χ1v) is 10.0. The number of carbonyl (C=O) groups excluding carboxylic acids is 1. The molecule has 1 amide bonds. The number of nitrogens with one attached hydrogen (secondary N) is 2. The van der Waals surface area contributed by atoms with Crippen molar-refractivity contribution in [1.82, 2.24) is 9.97 Å². The number of aromatic amines is 1. The van der Waals surface area contributed by atoms with Gasteiger partial charge in [0.2, 0.25) is 0 Å². The van der Waals surface area contributed by atoms with Crippen LogP contribution in [0.4, 0.5) is 18.9 Å². The monoisotopic (exact) mass is 507 g/mol. The van der Waals surface area contributed by atoms with Gasteiger partial charge in [0.05, 0.1) is 18.5 Å². The quantitative estimate of drug-likeness (QED) is 0.368. The molecule has 6 nitrogen and oxygen atoms in total. The van der Waals surface area contributed by atoms with Crippen LogP contribution in [0.5, 0.6) is 5.75 Å². The highest BCUT2D eigenvalue weighted by atomic mass is 79.9. The van der Waals surface area contributed by atoms with Crippen LogP contribution in [-0.2, 0) is 15.7 Å². The molecular formula is C22H17BrF3N3O3. The predicted molar refractivity (Wildman–Crippen MR) is 116 cm³/mol. The number of aromatic nitrogens is 2. The van der Waals surface area contributed by atoms with Crippen molar-refractivity contribution in [2.24, 2.45) is 0 Å². The Kier molecular flexibility index (Phi) is 7.56. The zero-order chi connectivity index (χ0) is 23.1. The number of benzene rings is 2. The summed E-state index contributed by atoms with van der Waals surface area (Å²) in [6, 6.07) is 11.6. The fourth-order valence-corrected chi connectivity index (χ4v) is 3.00. The molecule has 0 aliphatic rings. The van der Waals surface area contributed by atoms with Gasteiger partial charge in [0.25, 0.3) is 0 Å². The third-order valence-corrected chi connectivity index (χ3v) is 4.57. The standard InChI is InChI=1S/C22H17BrF3N3O3/c1-31-9-10-32-18-7-6-15(21-27-13-19(29-21)22(24,25)26)12-17(18)28-20(30)8-5-14-3-2-4-16(23)11-14/h2-4,6-7,11-13H,9-10H2,1H3,(H,27,29)(H,28,30). The SMILES string of the molecule is COCCOc1ccc(-c2ncc(C(F)(F)F)[nH]2)cc1NC(=O)C#Cc1cccc(Br)c1. The van der Waals surface area contributed by atoms with Crippen molar-refractivity contribution < 1.29 is 27.4 Å². The lowest BCUT2D eigenvalue weighted by molar-refractivity contribution is -0.140. The highest BCUT2D eigenvalue weighted by Crippen LogP contribution is 2.32. The molecule has 0 atom stereocenters. The Morgan fingerprint density at radius 3 is 2.72 bits per heavy atom. The number of imidazole rings is 1. The maximum atomic E-state index is 12.9. The van der Waals surface area contributed by atoms with Crippen LogP contribution in [0.1, 0.15) is 11.3 Å². The van der Waals surface area contributed by atoms with Crippen molar-refractivity contribution >= 4 is 27.5 Å². The van der Waals surface area contributed by atoms with Crippen LogP contribution in [0.2, 0.25) is 0 Å². The summed E-state index contributed by atoms with van der Waals surface area (Å²) in [7, 11) is 1.52. The van der Waals surface area contributed by atoms with Gasteiger partial charge in [-0.3, -0.25) is 4.79 Å². The number of methoxy groups -OCH3 is 1. The van der Waals surface area contributed by atoms with Crippen LogP contribution >= 0.6 is 15.9 Å². The second kappa shape index (κ2) is 10.3. The van der Waals surface area contributed by atoms with E-state index in [1.165, 1.54) is 25.3 Å². The van der Waals surface area contributed by atoms with Crippen LogP contribution in [-0.4, -0.2) is 36.2 Å². The molecule has 10 heteroatoms. The van der Waals surface area contributed by atoms with E-state index in [0.29, 0.717) is 29.7 Å². The van der Waals surface area contributed by atoms with E-state index >= 15 is 0 Å². The van der Waals surface area contributed by atoms with E-state index in [9.17, 15) is 18.0 Å². The Morgan fingerprint density at radius 1 is 1.22 bits per heavy atom. The molecular weight excluding hydrogens is 491 g/mol. The summed E-state index contributed by atoms with van der Waals surface area (Å²) < 4.78 is 50.0. The number of amides is 1. The summed E-state index contributed by atoms with van der Waals surface area (Å²) in [4.78, 5) is 18.4. The van der Waals surface area contributed by atoms with E-state index in [2.05, 4.69) is 43.1 Å². The van der Waals surface area contributed by atoms with Gasteiger partial charge in [-0.25, -0.2) is 4.98 Å². The third kappa shape index (κ3) is 6.35. The fourth-order valence-electron chi connectivity index (χ4n) is 2.60. The van der Waals surface area contributed by atoms with Gasteiger partial charge in [-0.05, 0) is 36.4 Å². The predicted octanol–water partition coefficient (Wildman–Crippen LogP) is 4.87. The summed E-state index contributed by atoms with van der Waals surface area (Å²) in [6.07, 6.45) is -3.84. The second-order valence-electron chi connectivity index (χ2n) is 6.41. The summed E-state index contributed by atoms with van der Waals surface area (Å²) >= 11 is 3.33. The van der Waals surface area contributed by atoms with Gasteiger partial charge in [0, 0.05) is 28.6 Å². The molecule has 166 valence electrons. The minimum Gasteiger partial charge on any atom is -0.489 e. The zero-order valence-corrected chi connectivity index (χ0v) is 18.3. The summed E-state index contributed by atoms with van der Waals surface area (Å²) in [6.45, 7) is 0.520. The average Bonchev–Trinajstić information content (AvgIpc) is 3.24. The Labute approximate surface area is 190 Å². The topological polar surface area (TPSA) is 76.2 Å². The number of carbonyl (C=O) groups is 1. The molecule has 0 spiro atoms. The van der Waals surface area contributed by atoms with Crippen LogP contribution in [0, 0.1) is 11.8 Å². The van der Waals surface area contributed by atoms with E-state index < -0.39 is 17.8 Å². The first-order valence-electron chi connectivity index (χ1n) is 9.23. The van der Waals surface area contributed by atoms with E-state index in [4.69, 9.17) is 9.47 Å². The molecule has 0 fully saturated rings. The number of hydrogen-bond acceptors (Lipinski definition) is 4. The van der Waals surface area contributed by atoms with Crippen molar-refractivity contribution in [2.45, 2.75) is 6.18 Å². The van der Waals surface area contributed by atoms with Gasteiger partial charge in [-0.2, -0.15) is 13.2 Å². The number of alkyl halides is 3. The molecule has 0 saturated heterocycles. The lowest BCUT2D eigenvalue weighted by atomic mass is 10.1. The minimum atomic E-state index is -4.55. The van der Waals surface area contributed by atoms with Crippen molar-refractivity contribution in [3.8, 4) is 29.0 Å². The smallest absolute Gasteiger partial charge is 0.432 e. The van der Waals surface area contributed by atoms with Crippen molar-refractivity contribution in [3.05, 3.63) is 64.4 Å². The Balaban J connectivity index is 1.86. The molecule has 2 aromatic carbocycles. The highest BCUT2D eigenvalue weighted by Gasteiger charge is 2.33. The van der Waals surface area contributed by atoms with Crippen LogP contribution in [0.15, 0.2) is 53.1 Å². The van der Waals surface area contributed by atoms with Crippen LogP contribution in [0.3, 0.4) is 0 Å². The zero-order valence-electron chi connectivity index (χ0n) is 16.7. The second-order valence-corrected chi connectivity index (χ2v) is 7.33. The molecule has 0 unspecified atom stereocenters. The van der Waals surface area contributed by atoms with Crippen molar-refractivity contribution in [1.29, 1.82) is 0 Å². The molecule has 32 heavy (non-hydrogen) atoms. The number of anilines is 1. The lowest BCUT2D eigenvalue weighted by Gasteiger charge is -2.12. The molecule has 1 aromatic heterocycles. The number of hydrogen-bond donors (Lipinski definition) is 2. The normalized spacial score (nSPS) is 10.9. The van der Waals surface area contributed by atoms with E-state index in [1.807, 2.05) is 6.07 Å². The summed E-state index contributed by atoms with van der Waals surface area (Å²) in [5.41, 5.74) is 0.223. The number of ether oxygens (including phenoxy) is 2.